The van der Waals surface area contributed by atoms with Gasteiger partial charge >= 0.3 is 0 Å². The number of piperidine rings is 2. The molecule has 14 nitrogen and oxygen atoms in total. The van der Waals surface area contributed by atoms with Crippen molar-refractivity contribution in [2.45, 2.75) is 44.3 Å². The zero-order valence-electron chi connectivity index (χ0n) is 33.1. The van der Waals surface area contributed by atoms with Gasteiger partial charge < -0.3 is 20.3 Å². The molecule has 0 aliphatic carbocycles. The van der Waals surface area contributed by atoms with Crippen LogP contribution >= 0.6 is 19.5 Å². The van der Waals surface area contributed by atoms with E-state index >= 15 is 4.39 Å². The predicted octanol–water partition coefficient (Wildman–Crippen LogP) is 5.32. The van der Waals surface area contributed by atoms with Crippen LogP contribution in [0.15, 0.2) is 60.8 Å². The zero-order valence-corrected chi connectivity index (χ0v) is 34.8. The molecule has 0 bridgehead atoms. The monoisotopic (exact) mass is 841 g/mol. The molecule has 0 spiro atoms. The molecule has 3 fully saturated rings. The van der Waals surface area contributed by atoms with Crippen molar-refractivity contribution in [3.8, 4) is 5.75 Å². The van der Waals surface area contributed by atoms with Crippen LogP contribution in [0.25, 0.3) is 0 Å². The third kappa shape index (κ3) is 8.47. The number of hydrogen-bond acceptors (Lipinski definition) is 12. The van der Waals surface area contributed by atoms with Crippen LogP contribution < -0.4 is 30.9 Å². The highest BCUT2D eigenvalue weighted by atomic mass is 35.5. The third-order valence-corrected chi connectivity index (χ3v) is 13.2. The van der Waals surface area contributed by atoms with Crippen molar-refractivity contribution >= 4 is 77.3 Å². The standard InChI is InChI=1S/C42H46ClFN9O5P/c1-58-35-21-27(8-9-32(35)47-42-45-23-30(43)38(49-42)46-33-6-4-5-7-36(33)59(2)3)52-18-16-51(17-19-52)26-12-14-50(15-13-26)24-25-20-28-29(22-31(25)44)41(57)53(40(28)56)34-10-11-37(54)48-39(34)55/h4-9,20-23,26,34H,10-19,24H2,1-3H3,(H,48,54,55)(H2,45,46,47,49). The highest BCUT2D eigenvalue weighted by Crippen LogP contribution is 2.35. The maximum Gasteiger partial charge on any atom is 0.262 e. The van der Waals surface area contributed by atoms with Gasteiger partial charge in [-0.05, 0) is 81.3 Å². The number of methoxy groups -OCH3 is 1. The molecule has 8 rings (SSSR count). The summed E-state index contributed by atoms with van der Waals surface area (Å²) in [5, 5.41) is 10.5. The minimum absolute atomic E-state index is 0.0224. The van der Waals surface area contributed by atoms with Gasteiger partial charge in [-0.1, -0.05) is 37.7 Å². The summed E-state index contributed by atoms with van der Waals surface area (Å²) in [7, 11) is 1.31. The van der Waals surface area contributed by atoms with E-state index in [4.69, 9.17) is 16.3 Å². The van der Waals surface area contributed by atoms with Crippen LogP contribution in [-0.4, -0.2) is 120 Å². The first-order valence-electron chi connectivity index (χ1n) is 19.7. The average Bonchev–Trinajstić information content (AvgIpc) is 3.47. The number of piperazine rings is 1. The Hall–Kier alpha value is -5.21. The highest BCUT2D eigenvalue weighted by molar-refractivity contribution is 7.64. The lowest BCUT2D eigenvalue weighted by Gasteiger charge is -2.43. The second-order valence-corrected chi connectivity index (χ2v) is 18.1. The smallest absolute Gasteiger partial charge is 0.262 e. The van der Waals surface area contributed by atoms with Crippen molar-refractivity contribution in [3.05, 3.63) is 88.3 Å². The molecule has 1 unspecified atom stereocenters. The van der Waals surface area contributed by atoms with Crippen LogP contribution in [-0.2, 0) is 16.1 Å². The number of anilines is 5. The number of fused-ring (bicyclic) bond motifs is 1. The molecule has 1 atom stereocenters. The van der Waals surface area contributed by atoms with Crippen molar-refractivity contribution in [3.63, 3.8) is 0 Å². The summed E-state index contributed by atoms with van der Waals surface area (Å²) in [6.45, 7) is 9.77. The fraction of sp³-hybridized carbons (Fsp3) is 0.381. The second-order valence-electron chi connectivity index (χ2n) is 15.4. The zero-order chi connectivity index (χ0) is 41.4. The molecule has 59 heavy (non-hydrogen) atoms. The minimum Gasteiger partial charge on any atom is -0.494 e. The van der Waals surface area contributed by atoms with Gasteiger partial charge in [-0.3, -0.25) is 39.2 Å². The fourth-order valence-electron chi connectivity index (χ4n) is 8.40. The number of aromatic nitrogens is 2. The Morgan fingerprint density at radius 2 is 1.63 bits per heavy atom. The Balaban J connectivity index is 0.840. The van der Waals surface area contributed by atoms with Gasteiger partial charge in [0.2, 0.25) is 17.8 Å². The van der Waals surface area contributed by atoms with Gasteiger partial charge in [0.05, 0.1) is 30.1 Å². The lowest BCUT2D eigenvalue weighted by molar-refractivity contribution is -0.136. The summed E-state index contributed by atoms with van der Waals surface area (Å²) >= 11 is 6.51. The van der Waals surface area contributed by atoms with Gasteiger partial charge in [-0.25, -0.2) is 9.37 Å². The van der Waals surface area contributed by atoms with E-state index in [0.717, 1.165) is 80.1 Å². The molecule has 4 aliphatic heterocycles. The lowest BCUT2D eigenvalue weighted by atomic mass is 10.00. The topological polar surface area (TPSA) is 152 Å². The number of hydrogen-bond donors (Lipinski definition) is 3. The Labute approximate surface area is 348 Å². The van der Waals surface area contributed by atoms with Gasteiger partial charge in [0.1, 0.15) is 22.6 Å². The average molecular weight is 842 g/mol. The quantitative estimate of drug-likeness (QED) is 0.133. The molecular formula is C42H46ClFN9O5P. The number of carbonyl (C=O) groups excluding carboxylic acids is 4. The van der Waals surface area contributed by atoms with E-state index in [-0.39, 0.29) is 31.9 Å². The first kappa shape index (κ1) is 40.6. The van der Waals surface area contributed by atoms with Crippen molar-refractivity contribution < 1.29 is 28.3 Å². The molecule has 4 aromatic rings. The maximum absolute atomic E-state index is 15.4. The molecule has 0 radical (unpaired) electrons. The Bertz CT molecular complexity index is 2300. The summed E-state index contributed by atoms with van der Waals surface area (Å²) in [6, 6.07) is 16.1. The third-order valence-electron chi connectivity index (χ3n) is 11.6. The second kappa shape index (κ2) is 17.2. The maximum atomic E-state index is 15.4. The van der Waals surface area contributed by atoms with Crippen LogP contribution in [0.2, 0.25) is 5.02 Å². The lowest BCUT2D eigenvalue weighted by Crippen LogP contribution is -2.54. The Morgan fingerprint density at radius 1 is 0.898 bits per heavy atom. The van der Waals surface area contributed by atoms with E-state index in [1.807, 2.05) is 30.3 Å². The number of likely N-dealkylation sites (tertiary alicyclic amines) is 1. The van der Waals surface area contributed by atoms with Crippen molar-refractivity contribution in [2.75, 3.05) is 75.2 Å². The number of halogens is 2. The number of benzene rings is 3. The molecule has 0 saturated carbocycles. The fourth-order valence-corrected chi connectivity index (χ4v) is 9.53. The number of carbonyl (C=O) groups is 4. The molecule has 4 amide bonds. The summed E-state index contributed by atoms with van der Waals surface area (Å²) in [5.74, 6) is -1.48. The van der Waals surface area contributed by atoms with E-state index in [1.165, 1.54) is 11.4 Å². The molecule has 1 aromatic heterocycles. The van der Waals surface area contributed by atoms with Crippen LogP contribution in [0.5, 0.6) is 5.75 Å². The molecule has 3 saturated heterocycles. The molecule has 17 heteroatoms. The first-order chi connectivity index (χ1) is 28.5. The minimum atomic E-state index is -1.09. The van der Waals surface area contributed by atoms with Gasteiger partial charge in [0.25, 0.3) is 11.8 Å². The Morgan fingerprint density at radius 3 is 2.34 bits per heavy atom. The van der Waals surface area contributed by atoms with E-state index < -0.39 is 35.5 Å². The summed E-state index contributed by atoms with van der Waals surface area (Å²) in [5.41, 5.74) is 3.14. The number of nitrogens with zero attached hydrogens (tertiary/aromatic N) is 6. The van der Waals surface area contributed by atoms with E-state index in [9.17, 15) is 19.2 Å². The normalized spacial score (nSPS) is 19.3. The molecular weight excluding hydrogens is 796 g/mol. The number of nitrogens with one attached hydrogen (secondary N) is 3. The number of imide groups is 2. The van der Waals surface area contributed by atoms with Crippen LogP contribution in [0.1, 0.15) is 52.0 Å². The summed E-state index contributed by atoms with van der Waals surface area (Å²) < 4.78 is 21.2. The SMILES string of the molecule is COc1cc(N2CCN(C3CCN(Cc4cc5c(cc4F)C(=O)N(C4CCC(=O)NC4=O)C5=O)CC3)CC2)ccc1Nc1ncc(Cl)c(Nc2ccccc2P(C)C)n1. The first-order valence-corrected chi connectivity index (χ1v) is 22.3. The van der Waals surface area contributed by atoms with E-state index in [0.29, 0.717) is 40.7 Å². The van der Waals surface area contributed by atoms with Crippen molar-refractivity contribution in [1.29, 1.82) is 0 Å². The largest absolute Gasteiger partial charge is 0.494 e. The van der Waals surface area contributed by atoms with Crippen LogP contribution in [0, 0.1) is 5.82 Å². The summed E-state index contributed by atoms with van der Waals surface area (Å²) in [4.78, 5) is 67.5. The number of ether oxygens (including phenoxy) is 1. The molecule has 3 aromatic carbocycles. The van der Waals surface area contributed by atoms with E-state index in [1.54, 1.807) is 13.3 Å². The summed E-state index contributed by atoms with van der Waals surface area (Å²) in [6.07, 6.45) is 3.50. The number of amides is 4. The molecule has 308 valence electrons. The van der Waals surface area contributed by atoms with Crippen molar-refractivity contribution in [2.24, 2.45) is 0 Å². The van der Waals surface area contributed by atoms with Crippen molar-refractivity contribution in [1.82, 2.24) is 30.0 Å². The Kier molecular flexibility index (Phi) is 11.8. The van der Waals surface area contributed by atoms with Crippen LogP contribution in [0.4, 0.5) is 33.2 Å². The predicted molar refractivity (Wildman–Crippen MR) is 227 cm³/mol. The molecule has 5 heterocycles. The van der Waals surface area contributed by atoms with Gasteiger partial charge in [0.15, 0.2) is 5.82 Å². The number of para-hydroxylation sites is 1. The van der Waals surface area contributed by atoms with Gasteiger partial charge in [-0.2, -0.15) is 4.98 Å². The highest BCUT2D eigenvalue weighted by Gasteiger charge is 2.45. The van der Waals surface area contributed by atoms with Gasteiger partial charge in [0, 0.05) is 68.2 Å². The van der Waals surface area contributed by atoms with Crippen LogP contribution in [0.3, 0.4) is 0 Å². The number of rotatable bonds is 11. The van der Waals surface area contributed by atoms with E-state index in [2.05, 4.69) is 66.1 Å². The van der Waals surface area contributed by atoms with Gasteiger partial charge in [-0.15, -0.1) is 0 Å². The molecule has 4 aliphatic rings. The molecule has 3 N–H and O–H groups in total.